The molecule has 0 unspecified atom stereocenters. The number of carboxylic acid groups (broad SMARTS) is 1. The van der Waals surface area contributed by atoms with Crippen LogP contribution in [0.1, 0.15) is 49.7 Å². The molecule has 2 aromatic rings. The molecule has 6 nitrogen and oxygen atoms in total. The van der Waals surface area contributed by atoms with Crippen LogP contribution in [0.3, 0.4) is 0 Å². The summed E-state index contributed by atoms with van der Waals surface area (Å²) >= 11 is 0. The van der Waals surface area contributed by atoms with Crippen molar-refractivity contribution in [2.24, 2.45) is 17.8 Å². The predicted molar refractivity (Wildman–Crippen MR) is 124 cm³/mol. The Balaban J connectivity index is 1.54. The summed E-state index contributed by atoms with van der Waals surface area (Å²) in [5.74, 6) is 1.32. The van der Waals surface area contributed by atoms with Gasteiger partial charge in [0.1, 0.15) is 5.75 Å². The van der Waals surface area contributed by atoms with Crippen molar-refractivity contribution in [1.29, 1.82) is 0 Å². The lowest BCUT2D eigenvalue weighted by atomic mass is 9.47. The quantitative estimate of drug-likeness (QED) is 0.322. The molecule has 0 spiro atoms. The standard InChI is InChI=1S/C27H29NO5/c1-16(26(30)31)20-2-4-21(5-3-20)23-7-6-22(33-15-25(29)28-32)11-24(23)27-12-17-8-18(13-27)10-19(9-17)14-27/h2-7,11,17-19,32H,1,8-10,12-15H2,(H,28,29)(H,30,31). The first-order valence-corrected chi connectivity index (χ1v) is 11.6. The summed E-state index contributed by atoms with van der Waals surface area (Å²) in [5, 5.41) is 18.0. The minimum atomic E-state index is -1.02. The van der Waals surface area contributed by atoms with Gasteiger partial charge in [0.2, 0.25) is 0 Å². The van der Waals surface area contributed by atoms with Crippen LogP contribution in [-0.2, 0) is 15.0 Å². The molecule has 4 bridgehead atoms. The highest BCUT2D eigenvalue weighted by atomic mass is 16.5. The Bertz CT molecular complexity index is 1070. The van der Waals surface area contributed by atoms with Crippen LogP contribution in [0.2, 0.25) is 0 Å². The summed E-state index contributed by atoms with van der Waals surface area (Å²) in [4.78, 5) is 22.8. The van der Waals surface area contributed by atoms with E-state index in [0.717, 1.165) is 28.9 Å². The van der Waals surface area contributed by atoms with Gasteiger partial charge < -0.3 is 9.84 Å². The third-order valence-electron chi connectivity index (χ3n) is 7.90. The molecule has 172 valence electrons. The van der Waals surface area contributed by atoms with Gasteiger partial charge in [-0.05, 0) is 96.1 Å². The van der Waals surface area contributed by atoms with Crippen LogP contribution < -0.4 is 10.2 Å². The van der Waals surface area contributed by atoms with Crippen molar-refractivity contribution in [3.8, 4) is 16.9 Å². The molecular formula is C27H29NO5. The topological polar surface area (TPSA) is 95.9 Å². The van der Waals surface area contributed by atoms with Crippen LogP contribution in [0, 0.1) is 17.8 Å². The highest BCUT2D eigenvalue weighted by Gasteiger charge is 2.52. The molecule has 0 aliphatic heterocycles. The zero-order valence-corrected chi connectivity index (χ0v) is 18.5. The van der Waals surface area contributed by atoms with E-state index in [1.165, 1.54) is 44.1 Å². The van der Waals surface area contributed by atoms with Crippen molar-refractivity contribution >= 4 is 17.4 Å². The Labute approximate surface area is 193 Å². The van der Waals surface area contributed by atoms with Crippen molar-refractivity contribution in [3.05, 3.63) is 60.2 Å². The Morgan fingerprint density at radius 3 is 2.15 bits per heavy atom. The fourth-order valence-electron chi connectivity index (χ4n) is 6.90. The normalized spacial score (nSPS) is 27.2. The van der Waals surface area contributed by atoms with E-state index in [-0.39, 0.29) is 17.6 Å². The molecular weight excluding hydrogens is 418 g/mol. The molecule has 33 heavy (non-hydrogen) atoms. The van der Waals surface area contributed by atoms with E-state index in [0.29, 0.717) is 11.3 Å². The zero-order chi connectivity index (χ0) is 23.2. The van der Waals surface area contributed by atoms with E-state index < -0.39 is 11.9 Å². The second-order valence-electron chi connectivity index (χ2n) is 10.1. The van der Waals surface area contributed by atoms with Crippen molar-refractivity contribution in [2.45, 2.75) is 43.9 Å². The first kappa shape index (κ1) is 21.7. The highest BCUT2D eigenvalue weighted by Crippen LogP contribution is 2.62. The number of hydrogen-bond donors (Lipinski definition) is 3. The third kappa shape index (κ3) is 4.04. The van der Waals surface area contributed by atoms with E-state index in [4.69, 9.17) is 9.94 Å². The van der Waals surface area contributed by atoms with Crippen molar-refractivity contribution in [1.82, 2.24) is 5.48 Å². The molecule has 4 saturated carbocycles. The molecule has 0 saturated heterocycles. The number of carbonyl (C=O) groups excluding carboxylic acids is 1. The van der Waals surface area contributed by atoms with Gasteiger partial charge in [-0.3, -0.25) is 10.0 Å². The molecule has 0 aromatic heterocycles. The zero-order valence-electron chi connectivity index (χ0n) is 18.5. The summed E-state index contributed by atoms with van der Waals surface area (Å²) in [7, 11) is 0. The average molecular weight is 448 g/mol. The van der Waals surface area contributed by atoms with Crippen LogP contribution >= 0.6 is 0 Å². The van der Waals surface area contributed by atoms with Gasteiger partial charge in [-0.2, -0.15) is 0 Å². The highest BCUT2D eigenvalue weighted by molar-refractivity contribution is 6.14. The molecule has 4 aliphatic rings. The number of hydroxylamine groups is 1. The van der Waals surface area contributed by atoms with E-state index in [1.807, 2.05) is 36.4 Å². The number of benzene rings is 2. The predicted octanol–water partition coefficient (Wildman–Crippen LogP) is 4.80. The number of carboxylic acids is 1. The summed E-state index contributed by atoms with van der Waals surface area (Å²) in [5.41, 5.74) is 5.80. The third-order valence-corrected chi connectivity index (χ3v) is 7.90. The maximum atomic E-state index is 11.5. The number of aliphatic carboxylic acids is 1. The number of nitrogens with one attached hydrogen (secondary N) is 1. The minimum Gasteiger partial charge on any atom is -0.484 e. The lowest BCUT2D eigenvalue weighted by Crippen LogP contribution is -2.48. The van der Waals surface area contributed by atoms with Gasteiger partial charge in [0, 0.05) is 0 Å². The van der Waals surface area contributed by atoms with Gasteiger partial charge in [0.05, 0.1) is 5.57 Å². The van der Waals surface area contributed by atoms with Crippen LogP contribution in [-0.4, -0.2) is 28.8 Å². The number of amides is 1. The van der Waals surface area contributed by atoms with Gasteiger partial charge in [0.15, 0.2) is 6.61 Å². The fourth-order valence-corrected chi connectivity index (χ4v) is 6.90. The molecule has 0 radical (unpaired) electrons. The van der Waals surface area contributed by atoms with E-state index in [2.05, 4.69) is 12.6 Å². The maximum Gasteiger partial charge on any atom is 0.335 e. The fraction of sp³-hybridized carbons (Fsp3) is 0.407. The largest absolute Gasteiger partial charge is 0.484 e. The van der Waals surface area contributed by atoms with E-state index in [1.54, 1.807) is 5.48 Å². The van der Waals surface area contributed by atoms with Gasteiger partial charge in [0.25, 0.3) is 5.91 Å². The number of carbonyl (C=O) groups is 2. The molecule has 4 fully saturated rings. The average Bonchev–Trinajstić information content (AvgIpc) is 2.81. The smallest absolute Gasteiger partial charge is 0.335 e. The Morgan fingerprint density at radius 1 is 1.00 bits per heavy atom. The van der Waals surface area contributed by atoms with Gasteiger partial charge >= 0.3 is 5.97 Å². The number of hydrogen-bond acceptors (Lipinski definition) is 4. The SMILES string of the molecule is C=C(C(=O)O)c1ccc(-c2ccc(OCC(=O)NO)cc2C23CC4CC(CC(C4)C2)C3)cc1. The van der Waals surface area contributed by atoms with Crippen molar-refractivity contribution < 1.29 is 24.6 Å². The van der Waals surface area contributed by atoms with Crippen LogP contribution in [0.4, 0.5) is 0 Å². The summed E-state index contributed by atoms with van der Waals surface area (Å²) in [6.45, 7) is 3.41. The first-order chi connectivity index (χ1) is 15.9. The number of ether oxygens (including phenoxy) is 1. The maximum absolute atomic E-state index is 11.5. The first-order valence-electron chi connectivity index (χ1n) is 11.6. The summed E-state index contributed by atoms with van der Waals surface area (Å²) in [6.07, 6.45) is 7.57. The minimum absolute atomic E-state index is 0.0776. The molecule has 3 N–H and O–H groups in total. The van der Waals surface area contributed by atoms with Crippen LogP contribution in [0.25, 0.3) is 16.7 Å². The Hall–Kier alpha value is -3.12. The molecule has 4 aliphatic carbocycles. The van der Waals surface area contributed by atoms with Crippen molar-refractivity contribution in [3.63, 3.8) is 0 Å². The molecule has 6 heteroatoms. The molecule has 2 aromatic carbocycles. The van der Waals surface area contributed by atoms with Gasteiger partial charge in [-0.1, -0.05) is 36.9 Å². The molecule has 6 rings (SSSR count). The van der Waals surface area contributed by atoms with Gasteiger partial charge in [-0.25, -0.2) is 10.3 Å². The molecule has 0 heterocycles. The van der Waals surface area contributed by atoms with Crippen LogP contribution in [0.5, 0.6) is 5.75 Å². The second kappa shape index (κ2) is 8.34. The van der Waals surface area contributed by atoms with Crippen LogP contribution in [0.15, 0.2) is 49.0 Å². The second-order valence-corrected chi connectivity index (χ2v) is 10.1. The number of rotatable bonds is 7. The van der Waals surface area contributed by atoms with Gasteiger partial charge in [-0.15, -0.1) is 0 Å². The summed E-state index contributed by atoms with van der Waals surface area (Å²) in [6, 6.07) is 13.5. The lowest BCUT2D eigenvalue weighted by molar-refractivity contribution is -0.131. The Morgan fingerprint density at radius 2 is 1.61 bits per heavy atom. The lowest BCUT2D eigenvalue weighted by Gasteiger charge is -2.57. The monoisotopic (exact) mass is 447 g/mol. The van der Waals surface area contributed by atoms with E-state index in [9.17, 15) is 14.7 Å². The Kier molecular flexibility index (Phi) is 5.49. The van der Waals surface area contributed by atoms with Crippen molar-refractivity contribution in [2.75, 3.05) is 6.61 Å². The molecule has 1 amide bonds. The summed E-state index contributed by atoms with van der Waals surface area (Å²) < 4.78 is 5.68. The molecule has 0 atom stereocenters. The van der Waals surface area contributed by atoms with E-state index >= 15 is 0 Å².